The first-order chi connectivity index (χ1) is 13.7. The maximum Gasteiger partial charge on any atom is 0.294 e. The van der Waals surface area contributed by atoms with E-state index in [2.05, 4.69) is 11.0 Å². The number of nitrogens with zero attached hydrogens (tertiary/aromatic N) is 3. The molecule has 0 N–H and O–H groups in total. The van der Waals surface area contributed by atoms with Crippen LogP contribution in [0.1, 0.15) is 5.56 Å². The monoisotopic (exact) mass is 469 g/mol. The Labute approximate surface area is 179 Å². The van der Waals surface area contributed by atoms with E-state index in [4.69, 9.17) is 11.6 Å². The Bertz CT molecular complexity index is 1150. The highest BCUT2D eigenvalue weighted by Crippen LogP contribution is 2.35. The Balaban J connectivity index is 1.95. The number of rotatable bonds is 6. The highest BCUT2D eigenvalue weighted by atomic mass is 35.5. The van der Waals surface area contributed by atoms with Crippen LogP contribution in [0.4, 0.5) is 5.69 Å². The molecule has 29 heavy (non-hydrogen) atoms. The zero-order chi connectivity index (χ0) is 21.2. The SMILES string of the molecule is C=CCN1C(=O)/C(=C/c2ccc([N+](=O)[O-])cc2)SC1=NS(=O)(=O)c1ccc(Cl)s1. The molecule has 1 amide bonds. The standard InChI is InChI=1S/C17H12ClN3O5S3/c1-2-9-20-16(22)13(10-11-3-5-12(6-4-11)21(23)24)27-17(20)19-29(25,26)15-8-7-14(18)28-15/h2-8,10H,1,9H2/b13-10-,19-17?. The van der Waals surface area contributed by atoms with E-state index in [0.29, 0.717) is 9.90 Å². The average molecular weight is 470 g/mol. The highest BCUT2D eigenvalue weighted by molar-refractivity contribution is 8.19. The fourth-order valence-electron chi connectivity index (χ4n) is 2.29. The lowest BCUT2D eigenvalue weighted by Crippen LogP contribution is -2.29. The van der Waals surface area contributed by atoms with Crippen molar-refractivity contribution in [1.82, 2.24) is 4.90 Å². The van der Waals surface area contributed by atoms with Crippen LogP contribution in [-0.4, -0.2) is 35.9 Å². The van der Waals surface area contributed by atoms with Gasteiger partial charge in [-0.25, -0.2) is 0 Å². The molecule has 1 saturated heterocycles. The molecule has 0 saturated carbocycles. The van der Waals surface area contributed by atoms with Gasteiger partial charge in [0.15, 0.2) is 5.17 Å². The Morgan fingerprint density at radius 1 is 1.24 bits per heavy atom. The predicted molar refractivity (Wildman–Crippen MR) is 115 cm³/mol. The maximum atomic E-state index is 12.7. The smallest absolute Gasteiger partial charge is 0.282 e. The largest absolute Gasteiger partial charge is 0.294 e. The van der Waals surface area contributed by atoms with Gasteiger partial charge in [-0.2, -0.15) is 8.42 Å². The summed E-state index contributed by atoms with van der Waals surface area (Å²) >= 11 is 7.57. The molecule has 0 aliphatic carbocycles. The number of carbonyl (C=O) groups is 1. The molecule has 1 aliphatic rings. The minimum atomic E-state index is -4.04. The van der Waals surface area contributed by atoms with Crippen molar-refractivity contribution in [1.29, 1.82) is 0 Å². The van der Waals surface area contributed by atoms with E-state index in [1.807, 2.05) is 0 Å². The molecule has 2 aromatic rings. The molecule has 8 nitrogen and oxygen atoms in total. The van der Waals surface area contributed by atoms with Crippen molar-refractivity contribution >= 4 is 67.6 Å². The molecule has 0 atom stereocenters. The molecule has 0 radical (unpaired) electrons. The van der Waals surface area contributed by atoms with Gasteiger partial charge in [0.1, 0.15) is 4.21 Å². The quantitative estimate of drug-likeness (QED) is 0.272. The Kier molecular flexibility index (Phi) is 6.22. The molecular weight excluding hydrogens is 458 g/mol. The van der Waals surface area contributed by atoms with Crippen LogP contribution in [0.3, 0.4) is 0 Å². The second kappa shape index (κ2) is 8.49. The van der Waals surface area contributed by atoms with E-state index < -0.39 is 20.9 Å². The van der Waals surface area contributed by atoms with Crippen molar-refractivity contribution in [2.24, 2.45) is 4.40 Å². The van der Waals surface area contributed by atoms with Gasteiger partial charge in [0.2, 0.25) is 0 Å². The molecule has 3 rings (SSSR count). The minimum Gasteiger partial charge on any atom is -0.282 e. The van der Waals surface area contributed by atoms with E-state index in [-0.39, 0.29) is 26.5 Å². The summed E-state index contributed by atoms with van der Waals surface area (Å²) in [5, 5.41) is 10.7. The zero-order valence-electron chi connectivity index (χ0n) is 14.5. The van der Waals surface area contributed by atoms with Gasteiger partial charge in [-0.3, -0.25) is 19.8 Å². The summed E-state index contributed by atoms with van der Waals surface area (Å²) in [5.41, 5.74) is 0.480. The van der Waals surface area contributed by atoms with Gasteiger partial charge >= 0.3 is 0 Å². The van der Waals surface area contributed by atoms with Crippen LogP contribution in [0.2, 0.25) is 4.34 Å². The summed E-state index contributed by atoms with van der Waals surface area (Å²) in [7, 11) is -4.04. The third-order valence-corrected chi connectivity index (χ3v) is 7.69. The fraction of sp³-hybridized carbons (Fsp3) is 0.0588. The number of hydrogen-bond acceptors (Lipinski definition) is 7. The minimum absolute atomic E-state index is 0.00687. The number of carbonyl (C=O) groups excluding carboxylic acids is 1. The Morgan fingerprint density at radius 2 is 1.93 bits per heavy atom. The van der Waals surface area contributed by atoms with Gasteiger partial charge < -0.3 is 0 Å². The third-order valence-electron chi connectivity index (χ3n) is 3.60. The number of amidine groups is 1. The zero-order valence-corrected chi connectivity index (χ0v) is 17.7. The normalized spacial score (nSPS) is 17.3. The first kappa shape index (κ1) is 21.2. The van der Waals surface area contributed by atoms with Crippen molar-refractivity contribution in [3.63, 3.8) is 0 Å². The second-order valence-electron chi connectivity index (χ2n) is 5.57. The van der Waals surface area contributed by atoms with Crippen LogP contribution in [0.5, 0.6) is 0 Å². The lowest BCUT2D eigenvalue weighted by atomic mass is 10.2. The summed E-state index contributed by atoms with van der Waals surface area (Å²) in [6, 6.07) is 8.43. The number of non-ortho nitro benzene ring substituents is 1. The molecule has 12 heteroatoms. The van der Waals surface area contributed by atoms with E-state index >= 15 is 0 Å². The van der Waals surface area contributed by atoms with Crippen LogP contribution in [0.25, 0.3) is 6.08 Å². The predicted octanol–water partition coefficient (Wildman–Crippen LogP) is 4.16. The summed E-state index contributed by atoms with van der Waals surface area (Å²) in [5.74, 6) is -0.439. The molecule has 1 aliphatic heterocycles. The van der Waals surface area contributed by atoms with Crippen LogP contribution in [-0.2, 0) is 14.8 Å². The molecule has 0 unspecified atom stereocenters. The fourth-order valence-corrected chi connectivity index (χ4v) is 5.94. The number of thiophene rings is 1. The van der Waals surface area contributed by atoms with E-state index in [1.165, 1.54) is 53.5 Å². The number of nitro groups is 1. The van der Waals surface area contributed by atoms with Crippen molar-refractivity contribution < 1.29 is 18.1 Å². The number of amides is 1. The molecule has 1 fully saturated rings. The van der Waals surface area contributed by atoms with Crippen LogP contribution < -0.4 is 0 Å². The van der Waals surface area contributed by atoms with Crippen LogP contribution in [0, 0.1) is 10.1 Å². The number of halogens is 1. The molecule has 2 heterocycles. The van der Waals surface area contributed by atoms with E-state index in [9.17, 15) is 23.3 Å². The van der Waals surface area contributed by atoms with Gasteiger partial charge in [-0.05, 0) is 47.7 Å². The first-order valence-electron chi connectivity index (χ1n) is 7.88. The topological polar surface area (TPSA) is 110 Å². The van der Waals surface area contributed by atoms with Crippen LogP contribution >= 0.6 is 34.7 Å². The van der Waals surface area contributed by atoms with Crippen molar-refractivity contribution in [2.75, 3.05) is 6.54 Å². The molecule has 1 aromatic heterocycles. The lowest BCUT2D eigenvalue weighted by Gasteiger charge is -2.12. The summed E-state index contributed by atoms with van der Waals surface area (Å²) < 4.78 is 29.1. The van der Waals surface area contributed by atoms with Crippen LogP contribution in [0.15, 0.2) is 62.6 Å². The number of benzene rings is 1. The van der Waals surface area contributed by atoms with Gasteiger partial charge in [0, 0.05) is 18.7 Å². The molecular formula is C17H12ClN3O5S3. The van der Waals surface area contributed by atoms with Crippen molar-refractivity contribution in [3.05, 3.63) is 74.0 Å². The van der Waals surface area contributed by atoms with Gasteiger partial charge in [-0.1, -0.05) is 17.7 Å². The van der Waals surface area contributed by atoms with Gasteiger partial charge in [-0.15, -0.1) is 22.3 Å². The number of nitro benzene ring substituents is 1. The molecule has 1 aromatic carbocycles. The average Bonchev–Trinajstić information content (AvgIpc) is 3.22. The molecule has 0 bridgehead atoms. The summed E-state index contributed by atoms with van der Waals surface area (Å²) in [6.45, 7) is 3.65. The summed E-state index contributed by atoms with van der Waals surface area (Å²) in [4.78, 5) is 24.4. The van der Waals surface area contributed by atoms with E-state index in [0.717, 1.165) is 23.1 Å². The lowest BCUT2D eigenvalue weighted by molar-refractivity contribution is -0.384. The maximum absolute atomic E-state index is 12.7. The van der Waals surface area contributed by atoms with E-state index in [1.54, 1.807) is 0 Å². The Hall–Kier alpha value is -2.47. The highest BCUT2D eigenvalue weighted by Gasteiger charge is 2.34. The summed E-state index contributed by atoms with van der Waals surface area (Å²) in [6.07, 6.45) is 2.97. The molecule has 0 spiro atoms. The van der Waals surface area contributed by atoms with Crippen molar-refractivity contribution in [2.45, 2.75) is 4.21 Å². The van der Waals surface area contributed by atoms with Gasteiger partial charge in [0.25, 0.3) is 21.6 Å². The van der Waals surface area contributed by atoms with Crippen molar-refractivity contribution in [3.8, 4) is 0 Å². The first-order valence-corrected chi connectivity index (χ1v) is 11.3. The Morgan fingerprint density at radius 3 is 2.48 bits per heavy atom. The third kappa shape index (κ3) is 4.75. The van der Waals surface area contributed by atoms with Gasteiger partial charge in [0.05, 0.1) is 14.2 Å². The number of thioether (sulfide) groups is 1. The number of sulfonamides is 1. The second-order valence-corrected chi connectivity index (χ2v) is 10.1. The number of hydrogen-bond donors (Lipinski definition) is 0. The molecule has 150 valence electrons.